The number of imidazole rings is 1. The van der Waals surface area contributed by atoms with Gasteiger partial charge < -0.3 is 9.30 Å². The molecule has 1 atom stereocenters. The van der Waals surface area contributed by atoms with Crippen molar-refractivity contribution in [3.63, 3.8) is 0 Å². The highest BCUT2D eigenvalue weighted by atomic mass is 35.5. The van der Waals surface area contributed by atoms with Gasteiger partial charge in [0.2, 0.25) is 5.03 Å². The lowest BCUT2D eigenvalue weighted by Crippen LogP contribution is -2.35. The van der Waals surface area contributed by atoms with Crippen molar-refractivity contribution in [1.82, 2.24) is 13.9 Å². The van der Waals surface area contributed by atoms with Crippen molar-refractivity contribution < 1.29 is 13.2 Å². The van der Waals surface area contributed by atoms with Gasteiger partial charge in [-0.25, -0.2) is 13.4 Å². The highest BCUT2D eigenvalue weighted by molar-refractivity contribution is 7.89. The molecule has 0 aliphatic carbocycles. The standard InChI is InChI=1S/C10H16ClN3O3S/c1-8-5-14(3-4-17-6-8)18(15,16)10-9(11)13(2)7-12-10/h7-8H,3-6H2,1-2H3. The number of hydrogen-bond donors (Lipinski definition) is 0. The van der Waals surface area contributed by atoms with Crippen LogP contribution in [0.1, 0.15) is 6.92 Å². The van der Waals surface area contributed by atoms with Gasteiger partial charge in [0, 0.05) is 20.1 Å². The smallest absolute Gasteiger partial charge is 0.263 e. The Hall–Kier alpha value is -0.630. The number of aryl methyl sites for hydroxylation is 1. The van der Waals surface area contributed by atoms with Gasteiger partial charge in [-0.05, 0) is 5.92 Å². The minimum Gasteiger partial charge on any atom is -0.380 e. The molecule has 0 N–H and O–H groups in total. The molecular formula is C10H16ClN3O3S. The third-order valence-electron chi connectivity index (χ3n) is 2.82. The van der Waals surface area contributed by atoms with Crippen molar-refractivity contribution in [2.24, 2.45) is 13.0 Å². The molecule has 1 unspecified atom stereocenters. The Morgan fingerprint density at radius 1 is 1.56 bits per heavy atom. The number of ether oxygens (including phenoxy) is 1. The van der Waals surface area contributed by atoms with Gasteiger partial charge in [0.05, 0.1) is 19.5 Å². The van der Waals surface area contributed by atoms with Gasteiger partial charge in [-0.1, -0.05) is 18.5 Å². The molecule has 1 fully saturated rings. The molecule has 2 rings (SSSR count). The van der Waals surface area contributed by atoms with Crippen LogP contribution in [-0.2, 0) is 21.8 Å². The zero-order valence-corrected chi connectivity index (χ0v) is 11.9. The van der Waals surface area contributed by atoms with E-state index in [1.165, 1.54) is 15.2 Å². The quantitative estimate of drug-likeness (QED) is 0.806. The van der Waals surface area contributed by atoms with E-state index in [0.29, 0.717) is 26.3 Å². The van der Waals surface area contributed by atoms with Gasteiger partial charge in [0.25, 0.3) is 10.0 Å². The fourth-order valence-corrected chi connectivity index (χ4v) is 3.78. The van der Waals surface area contributed by atoms with E-state index in [4.69, 9.17) is 16.3 Å². The Labute approximate surface area is 112 Å². The molecule has 0 amide bonds. The zero-order valence-electron chi connectivity index (χ0n) is 10.3. The fraction of sp³-hybridized carbons (Fsp3) is 0.700. The first-order chi connectivity index (χ1) is 8.43. The third kappa shape index (κ3) is 2.54. The predicted molar refractivity (Wildman–Crippen MR) is 67.0 cm³/mol. The SMILES string of the molecule is CC1COCCN(S(=O)(=O)c2ncn(C)c2Cl)C1. The number of nitrogens with zero attached hydrogens (tertiary/aromatic N) is 3. The van der Waals surface area contributed by atoms with Crippen LogP contribution in [-0.4, -0.2) is 48.6 Å². The highest BCUT2D eigenvalue weighted by Gasteiger charge is 2.31. The van der Waals surface area contributed by atoms with Crippen LogP contribution >= 0.6 is 11.6 Å². The summed E-state index contributed by atoms with van der Waals surface area (Å²) in [6.07, 6.45) is 1.40. The molecule has 1 saturated heterocycles. The number of sulfonamides is 1. The molecule has 1 aliphatic rings. The van der Waals surface area contributed by atoms with Crippen molar-refractivity contribution in [2.75, 3.05) is 26.3 Å². The van der Waals surface area contributed by atoms with E-state index in [-0.39, 0.29) is 16.1 Å². The molecule has 0 aromatic carbocycles. The molecule has 0 saturated carbocycles. The van der Waals surface area contributed by atoms with Gasteiger partial charge in [-0.2, -0.15) is 4.31 Å². The molecule has 1 aromatic rings. The molecule has 18 heavy (non-hydrogen) atoms. The Morgan fingerprint density at radius 3 is 2.89 bits per heavy atom. The summed E-state index contributed by atoms with van der Waals surface area (Å²) in [6.45, 7) is 3.68. The summed E-state index contributed by atoms with van der Waals surface area (Å²) in [6, 6.07) is 0. The van der Waals surface area contributed by atoms with Crippen LogP contribution in [0.5, 0.6) is 0 Å². The Balaban J connectivity index is 2.33. The van der Waals surface area contributed by atoms with Gasteiger partial charge in [-0.3, -0.25) is 0 Å². The summed E-state index contributed by atoms with van der Waals surface area (Å²) in [4.78, 5) is 3.88. The first-order valence-electron chi connectivity index (χ1n) is 5.67. The monoisotopic (exact) mass is 293 g/mol. The number of hydrogen-bond acceptors (Lipinski definition) is 4. The first kappa shape index (κ1) is 13.8. The maximum atomic E-state index is 12.4. The lowest BCUT2D eigenvalue weighted by molar-refractivity contribution is 0.127. The summed E-state index contributed by atoms with van der Waals surface area (Å²) in [7, 11) is -1.98. The van der Waals surface area contributed by atoms with Crippen LogP contribution in [0.2, 0.25) is 5.15 Å². The normalized spacial score (nSPS) is 22.9. The van der Waals surface area contributed by atoms with E-state index in [1.54, 1.807) is 7.05 Å². The van der Waals surface area contributed by atoms with Gasteiger partial charge >= 0.3 is 0 Å². The van der Waals surface area contributed by atoms with E-state index in [1.807, 2.05) is 6.92 Å². The summed E-state index contributed by atoms with van der Waals surface area (Å²) >= 11 is 5.95. The molecule has 0 radical (unpaired) electrons. The molecule has 6 nitrogen and oxygen atoms in total. The van der Waals surface area contributed by atoms with Crippen LogP contribution in [0.4, 0.5) is 0 Å². The van der Waals surface area contributed by atoms with Crippen LogP contribution in [0, 0.1) is 5.92 Å². The number of aromatic nitrogens is 2. The van der Waals surface area contributed by atoms with E-state index in [9.17, 15) is 8.42 Å². The topological polar surface area (TPSA) is 64.4 Å². The molecular weight excluding hydrogens is 278 g/mol. The number of rotatable bonds is 2. The fourth-order valence-electron chi connectivity index (χ4n) is 1.85. The van der Waals surface area contributed by atoms with Crippen molar-refractivity contribution in [3.05, 3.63) is 11.5 Å². The molecule has 0 bridgehead atoms. The Bertz CT molecular complexity index is 528. The second kappa shape index (κ2) is 5.16. The predicted octanol–water partition coefficient (Wildman–Crippen LogP) is 0.730. The number of halogens is 1. The molecule has 102 valence electrons. The van der Waals surface area contributed by atoms with Crippen molar-refractivity contribution in [2.45, 2.75) is 11.9 Å². The minimum atomic E-state index is -3.64. The summed E-state index contributed by atoms with van der Waals surface area (Å²) in [5.41, 5.74) is 0. The van der Waals surface area contributed by atoms with Crippen LogP contribution in [0.3, 0.4) is 0 Å². The molecule has 1 aliphatic heterocycles. The van der Waals surface area contributed by atoms with E-state index >= 15 is 0 Å². The Morgan fingerprint density at radius 2 is 2.28 bits per heavy atom. The van der Waals surface area contributed by atoms with Gasteiger partial charge in [-0.15, -0.1) is 0 Å². The largest absolute Gasteiger partial charge is 0.380 e. The Kier molecular flexibility index (Phi) is 3.96. The summed E-state index contributed by atoms with van der Waals surface area (Å²) < 4.78 is 33.1. The lowest BCUT2D eigenvalue weighted by Gasteiger charge is -2.20. The van der Waals surface area contributed by atoms with Gasteiger partial charge in [0.15, 0.2) is 0 Å². The van der Waals surface area contributed by atoms with E-state index in [2.05, 4.69) is 4.98 Å². The molecule has 1 aromatic heterocycles. The molecule has 2 heterocycles. The highest BCUT2D eigenvalue weighted by Crippen LogP contribution is 2.23. The maximum Gasteiger partial charge on any atom is 0.263 e. The van der Waals surface area contributed by atoms with Crippen LogP contribution in [0.15, 0.2) is 11.4 Å². The second-order valence-electron chi connectivity index (χ2n) is 4.49. The minimum absolute atomic E-state index is 0.0826. The summed E-state index contributed by atoms with van der Waals surface area (Å²) in [5, 5.41) is 0.0496. The van der Waals surface area contributed by atoms with E-state index in [0.717, 1.165) is 0 Å². The molecule has 0 spiro atoms. The van der Waals surface area contributed by atoms with Crippen LogP contribution in [0.25, 0.3) is 0 Å². The van der Waals surface area contributed by atoms with Crippen molar-refractivity contribution >= 4 is 21.6 Å². The third-order valence-corrected chi connectivity index (χ3v) is 5.18. The maximum absolute atomic E-state index is 12.4. The van der Waals surface area contributed by atoms with Crippen LogP contribution < -0.4 is 0 Å². The lowest BCUT2D eigenvalue weighted by atomic mass is 10.2. The summed E-state index contributed by atoms with van der Waals surface area (Å²) in [5.74, 6) is 0.157. The van der Waals surface area contributed by atoms with Crippen molar-refractivity contribution in [1.29, 1.82) is 0 Å². The average Bonchev–Trinajstić information content (AvgIpc) is 2.53. The average molecular weight is 294 g/mol. The van der Waals surface area contributed by atoms with E-state index < -0.39 is 10.0 Å². The molecule has 8 heteroatoms. The zero-order chi connectivity index (χ0) is 13.3. The van der Waals surface area contributed by atoms with Crippen molar-refractivity contribution in [3.8, 4) is 0 Å². The second-order valence-corrected chi connectivity index (χ2v) is 6.71. The van der Waals surface area contributed by atoms with Gasteiger partial charge in [0.1, 0.15) is 5.15 Å². The first-order valence-corrected chi connectivity index (χ1v) is 7.49.